The van der Waals surface area contributed by atoms with Gasteiger partial charge in [0.15, 0.2) is 29.1 Å². The fraction of sp³-hybridized carbons (Fsp3) is 0.367. The number of imidazole rings is 1. The highest BCUT2D eigenvalue weighted by Gasteiger charge is 2.25. The third-order valence-corrected chi connectivity index (χ3v) is 7.83. The molecule has 1 saturated heterocycles. The summed E-state index contributed by atoms with van der Waals surface area (Å²) in [5.74, 6) is 2.47. The number of ether oxygens (including phenoxy) is 1. The minimum absolute atomic E-state index is 0.0347. The van der Waals surface area contributed by atoms with E-state index in [1.165, 1.54) is 0 Å². The minimum Gasteiger partial charge on any atom is -0.450 e. The first-order valence-corrected chi connectivity index (χ1v) is 14.4. The van der Waals surface area contributed by atoms with Crippen LogP contribution in [-0.4, -0.2) is 62.3 Å². The van der Waals surface area contributed by atoms with E-state index >= 15 is 0 Å². The summed E-state index contributed by atoms with van der Waals surface area (Å²) in [4.78, 5) is 44.5. The number of hydrogen-bond donors (Lipinski definition) is 4. The Morgan fingerprint density at radius 1 is 1.07 bits per heavy atom. The minimum atomic E-state index is -0.322. The molecule has 0 unspecified atom stereocenters. The number of rotatable bonds is 10. The largest absolute Gasteiger partial charge is 0.450 e. The van der Waals surface area contributed by atoms with E-state index in [2.05, 4.69) is 30.2 Å². The lowest BCUT2D eigenvalue weighted by atomic mass is 10.0. The summed E-state index contributed by atoms with van der Waals surface area (Å²) in [6, 6.07) is 13.3. The van der Waals surface area contributed by atoms with Gasteiger partial charge in [0.25, 0.3) is 0 Å². The number of aliphatic imine (C=N–C) groups is 1. The Balaban J connectivity index is 1.05. The zero-order chi connectivity index (χ0) is 29.1. The molecule has 4 heterocycles. The first-order valence-electron chi connectivity index (χ1n) is 14.4. The number of aromatic nitrogens is 4. The standard InChI is InChI=1S/C30H35N9O3/c31-29(32)33-13-4-14-38-15-11-20(12-16-38)39-18-26-28(37-30(39)41)36-23-17-19(9-10-25(23)42-26)24(40)7-3-8-27-34-21-5-1-2-6-22(21)35-27/h1-2,5-6,9-10,17-18,20H,3-4,7-8,11-16H2,(H,34,35)(H4,31,32,33)(H,36,37,41). The highest BCUT2D eigenvalue weighted by atomic mass is 16.5. The number of ketones is 1. The predicted molar refractivity (Wildman–Crippen MR) is 162 cm³/mol. The van der Waals surface area contributed by atoms with Crippen LogP contribution in [0.25, 0.3) is 11.0 Å². The highest BCUT2D eigenvalue weighted by Crippen LogP contribution is 2.41. The number of aromatic amines is 1. The van der Waals surface area contributed by atoms with E-state index in [0.717, 1.165) is 55.8 Å². The molecular formula is C30H35N9O3. The van der Waals surface area contributed by atoms with Gasteiger partial charge in [0.2, 0.25) is 0 Å². The fourth-order valence-electron chi connectivity index (χ4n) is 5.62. The van der Waals surface area contributed by atoms with E-state index in [9.17, 15) is 9.59 Å². The molecule has 1 fully saturated rings. The molecule has 218 valence electrons. The topological polar surface area (TPSA) is 170 Å². The number of nitrogens with one attached hydrogen (secondary N) is 2. The predicted octanol–water partition coefficient (Wildman–Crippen LogP) is 3.47. The Morgan fingerprint density at radius 3 is 2.71 bits per heavy atom. The maximum Gasteiger partial charge on any atom is 0.350 e. The van der Waals surface area contributed by atoms with E-state index in [1.807, 2.05) is 24.3 Å². The summed E-state index contributed by atoms with van der Waals surface area (Å²) in [5, 5.41) is 3.19. The number of fused-ring (bicyclic) bond motifs is 3. The molecule has 2 aliphatic rings. The average Bonchev–Trinajstić information content (AvgIpc) is 3.41. The van der Waals surface area contributed by atoms with E-state index in [1.54, 1.807) is 29.0 Å². The highest BCUT2D eigenvalue weighted by molar-refractivity contribution is 5.97. The number of benzene rings is 2. The number of anilines is 2. The van der Waals surface area contributed by atoms with Crippen LogP contribution in [0.2, 0.25) is 0 Å². The molecule has 0 radical (unpaired) electrons. The normalized spacial score (nSPS) is 15.0. The lowest BCUT2D eigenvalue weighted by molar-refractivity contribution is 0.0980. The monoisotopic (exact) mass is 569 g/mol. The van der Waals surface area contributed by atoms with E-state index in [-0.39, 0.29) is 23.5 Å². The van der Waals surface area contributed by atoms with Gasteiger partial charge in [-0.25, -0.2) is 9.78 Å². The zero-order valence-corrected chi connectivity index (χ0v) is 23.4. The molecule has 4 aromatic rings. The Labute approximate surface area is 242 Å². The molecule has 0 aliphatic carbocycles. The first-order chi connectivity index (χ1) is 20.4. The van der Waals surface area contributed by atoms with Crippen LogP contribution < -0.4 is 27.2 Å². The van der Waals surface area contributed by atoms with Gasteiger partial charge in [0, 0.05) is 44.1 Å². The third kappa shape index (κ3) is 6.13. The molecule has 0 spiro atoms. The Kier molecular flexibility index (Phi) is 7.87. The molecule has 42 heavy (non-hydrogen) atoms. The first kappa shape index (κ1) is 27.5. The van der Waals surface area contributed by atoms with Crippen LogP contribution >= 0.6 is 0 Å². The van der Waals surface area contributed by atoms with Gasteiger partial charge in [-0.15, -0.1) is 0 Å². The Hall–Kier alpha value is -4.71. The molecule has 12 nitrogen and oxygen atoms in total. The number of nitrogens with two attached hydrogens (primary N) is 2. The number of likely N-dealkylation sites (tertiary alicyclic amines) is 1. The van der Waals surface area contributed by atoms with Crippen molar-refractivity contribution < 1.29 is 9.53 Å². The maximum absolute atomic E-state index is 13.0. The maximum atomic E-state index is 13.0. The number of carbonyl (C=O) groups excluding carboxylic acids is 1. The van der Waals surface area contributed by atoms with E-state index in [4.69, 9.17) is 16.2 Å². The molecule has 6 rings (SSSR count). The molecular weight excluding hydrogens is 534 g/mol. The number of para-hydroxylation sites is 2. The van der Waals surface area contributed by atoms with Crippen LogP contribution in [-0.2, 0) is 6.42 Å². The Morgan fingerprint density at radius 2 is 1.90 bits per heavy atom. The number of Topliss-reactive ketones (excluding diaryl/α,β-unsaturated/α-hetero) is 1. The van der Waals surface area contributed by atoms with Crippen molar-refractivity contribution in [2.45, 2.75) is 44.6 Å². The number of carbonyl (C=O) groups is 1. The van der Waals surface area contributed by atoms with Crippen molar-refractivity contribution in [2.24, 2.45) is 16.5 Å². The summed E-state index contributed by atoms with van der Waals surface area (Å²) in [6.45, 7) is 3.29. The smallest absolute Gasteiger partial charge is 0.350 e. The van der Waals surface area contributed by atoms with Gasteiger partial charge in [-0.05, 0) is 62.6 Å². The van der Waals surface area contributed by atoms with Crippen LogP contribution in [0, 0.1) is 0 Å². The number of hydrogen-bond acceptors (Lipinski definition) is 8. The molecule has 2 aromatic heterocycles. The van der Waals surface area contributed by atoms with Crippen molar-refractivity contribution in [3.8, 4) is 11.5 Å². The van der Waals surface area contributed by atoms with Crippen LogP contribution in [0.4, 0.5) is 11.5 Å². The van der Waals surface area contributed by atoms with Crippen LogP contribution in [0.3, 0.4) is 0 Å². The molecule has 2 aliphatic heterocycles. The van der Waals surface area contributed by atoms with Crippen molar-refractivity contribution in [3.05, 3.63) is 70.5 Å². The lowest BCUT2D eigenvalue weighted by Crippen LogP contribution is -2.38. The summed E-state index contributed by atoms with van der Waals surface area (Å²) in [6.07, 6.45) is 6.08. The Bertz CT molecular complexity index is 1650. The van der Waals surface area contributed by atoms with Crippen molar-refractivity contribution in [2.75, 3.05) is 31.5 Å². The van der Waals surface area contributed by atoms with Crippen molar-refractivity contribution in [3.63, 3.8) is 0 Å². The summed E-state index contributed by atoms with van der Waals surface area (Å²) < 4.78 is 7.80. The SMILES string of the molecule is NC(N)=NCCCN1CCC(n2cc3c(nc2=O)Nc2cc(C(=O)CCCc4nc5ccccc5[nH]4)ccc2O3)CC1. The van der Waals surface area contributed by atoms with Gasteiger partial charge in [-0.1, -0.05) is 12.1 Å². The lowest BCUT2D eigenvalue weighted by Gasteiger charge is -2.33. The zero-order valence-electron chi connectivity index (χ0n) is 23.4. The number of piperidine rings is 1. The van der Waals surface area contributed by atoms with Crippen LogP contribution in [0.1, 0.15) is 54.3 Å². The molecule has 0 saturated carbocycles. The van der Waals surface area contributed by atoms with Crippen molar-refractivity contribution in [1.29, 1.82) is 0 Å². The number of H-pyrrole nitrogens is 1. The van der Waals surface area contributed by atoms with Gasteiger partial charge < -0.3 is 31.4 Å². The van der Waals surface area contributed by atoms with Crippen molar-refractivity contribution in [1.82, 2.24) is 24.4 Å². The number of nitrogens with zero attached hydrogens (tertiary/aromatic N) is 5. The van der Waals surface area contributed by atoms with E-state index in [0.29, 0.717) is 54.4 Å². The fourth-order valence-corrected chi connectivity index (χ4v) is 5.62. The summed E-state index contributed by atoms with van der Waals surface area (Å²) >= 11 is 0. The van der Waals surface area contributed by atoms with Gasteiger partial charge in [-0.2, -0.15) is 4.98 Å². The molecule has 0 bridgehead atoms. The molecule has 12 heteroatoms. The third-order valence-electron chi connectivity index (χ3n) is 7.83. The second kappa shape index (κ2) is 12.0. The van der Waals surface area contributed by atoms with E-state index < -0.39 is 0 Å². The summed E-state index contributed by atoms with van der Waals surface area (Å²) in [5.41, 5.74) is 13.6. The van der Waals surface area contributed by atoms with Crippen molar-refractivity contribution >= 4 is 34.3 Å². The van der Waals surface area contributed by atoms with Gasteiger partial charge in [-0.3, -0.25) is 14.4 Å². The molecule has 0 atom stereocenters. The molecule has 6 N–H and O–H groups in total. The summed E-state index contributed by atoms with van der Waals surface area (Å²) in [7, 11) is 0. The average molecular weight is 570 g/mol. The van der Waals surface area contributed by atoms with Gasteiger partial charge >= 0.3 is 5.69 Å². The van der Waals surface area contributed by atoms with Crippen LogP contribution in [0.5, 0.6) is 11.5 Å². The van der Waals surface area contributed by atoms with Crippen LogP contribution in [0.15, 0.2) is 58.4 Å². The number of guanidine groups is 1. The second-order valence-electron chi connectivity index (χ2n) is 10.8. The quantitative estimate of drug-likeness (QED) is 0.0851. The molecule has 2 aromatic carbocycles. The van der Waals surface area contributed by atoms with Gasteiger partial charge in [0.1, 0.15) is 5.82 Å². The van der Waals surface area contributed by atoms with Gasteiger partial charge in [0.05, 0.1) is 22.9 Å². The molecule has 0 amide bonds. The number of aryl methyl sites for hydroxylation is 1. The second-order valence-corrected chi connectivity index (χ2v) is 10.8.